The van der Waals surface area contributed by atoms with Crippen LogP contribution in [0.5, 0.6) is 0 Å². The maximum absolute atomic E-state index is 8.80. The van der Waals surface area contributed by atoms with Crippen LogP contribution in [0.1, 0.15) is 0 Å². The molecule has 0 fully saturated rings. The zero-order valence-electron chi connectivity index (χ0n) is 12.1. The molecule has 6 heteroatoms. The average Bonchev–Trinajstić information content (AvgIpc) is 3.09. The van der Waals surface area contributed by atoms with E-state index in [2.05, 4.69) is 20.3 Å². The molecule has 2 heterocycles. The number of aromatic amines is 1. The number of thioether (sulfide) groups is 1. The number of H-pyrrole nitrogens is 1. The summed E-state index contributed by atoms with van der Waals surface area (Å²) in [5.41, 5.74) is 1.83. The Balaban J connectivity index is 1.86. The summed E-state index contributed by atoms with van der Waals surface area (Å²) in [4.78, 5) is 12.4. The van der Waals surface area contributed by atoms with Crippen LogP contribution >= 0.6 is 11.8 Å². The molecular weight excluding hydrogens is 296 g/mol. The van der Waals surface area contributed by atoms with Crippen molar-refractivity contribution in [2.75, 3.05) is 30.0 Å². The van der Waals surface area contributed by atoms with E-state index in [0.29, 0.717) is 5.82 Å². The molecule has 2 aromatic heterocycles. The first kappa shape index (κ1) is 14.9. The van der Waals surface area contributed by atoms with Crippen molar-refractivity contribution in [1.29, 1.82) is 0 Å². The molecule has 0 aliphatic carbocycles. The lowest BCUT2D eigenvalue weighted by molar-refractivity contribution is 0.322. The minimum absolute atomic E-state index is 0.220. The third-order valence-corrected chi connectivity index (χ3v) is 4.18. The molecule has 5 nitrogen and oxygen atoms in total. The summed E-state index contributed by atoms with van der Waals surface area (Å²) in [5.74, 6) is 3.23. The largest absolute Gasteiger partial charge is 0.396 e. The van der Waals surface area contributed by atoms with Gasteiger partial charge in [-0.15, -0.1) is 0 Å². The van der Waals surface area contributed by atoms with Crippen molar-refractivity contribution in [3.63, 3.8) is 0 Å². The Kier molecular flexibility index (Phi) is 4.92. The van der Waals surface area contributed by atoms with Crippen molar-refractivity contribution in [3.05, 3.63) is 42.6 Å². The highest BCUT2D eigenvalue weighted by atomic mass is 32.2. The summed E-state index contributed by atoms with van der Waals surface area (Å²) in [5, 5.41) is 13.2. The number of aromatic nitrogens is 3. The monoisotopic (exact) mass is 314 g/mol. The third kappa shape index (κ3) is 3.40. The van der Waals surface area contributed by atoms with Crippen LogP contribution in [-0.2, 0) is 0 Å². The highest BCUT2D eigenvalue weighted by Crippen LogP contribution is 2.24. The lowest BCUT2D eigenvalue weighted by atomic mass is 10.2. The molecule has 0 bridgehead atoms. The van der Waals surface area contributed by atoms with E-state index in [1.807, 2.05) is 42.6 Å². The molecule has 3 rings (SSSR count). The first-order valence-electron chi connectivity index (χ1n) is 7.21. The Labute approximate surface area is 133 Å². The lowest BCUT2D eigenvalue weighted by Crippen LogP contribution is -2.08. The topological polar surface area (TPSA) is 73.8 Å². The Hall–Kier alpha value is -2.05. The molecule has 0 saturated heterocycles. The summed E-state index contributed by atoms with van der Waals surface area (Å²) >= 11 is 1.72. The van der Waals surface area contributed by atoms with Crippen molar-refractivity contribution >= 4 is 28.5 Å². The van der Waals surface area contributed by atoms with Gasteiger partial charge in [-0.3, -0.25) is 0 Å². The number of nitrogens with one attached hydrogen (secondary N) is 2. The maximum Gasteiger partial charge on any atom is 0.178 e. The fourth-order valence-electron chi connectivity index (χ4n) is 2.21. The summed E-state index contributed by atoms with van der Waals surface area (Å²) < 4.78 is 0. The van der Waals surface area contributed by atoms with Crippen LogP contribution in [0, 0.1) is 0 Å². The molecule has 3 aromatic rings. The van der Waals surface area contributed by atoms with Gasteiger partial charge in [0.1, 0.15) is 5.82 Å². The van der Waals surface area contributed by atoms with Crippen LogP contribution in [0.15, 0.2) is 42.6 Å². The molecular formula is C16H18N4OS. The molecule has 0 aliphatic heterocycles. The standard InChI is InChI=1S/C16H18N4OS/c21-9-11-22-10-8-18-15-12-4-1-2-5-13(12)19-16(20-15)14-6-3-7-17-14/h1-7,17,21H,8-11H2,(H,18,19,20). The van der Waals surface area contributed by atoms with Gasteiger partial charge in [0.2, 0.25) is 0 Å². The number of fused-ring (bicyclic) bond motifs is 1. The number of rotatable bonds is 7. The van der Waals surface area contributed by atoms with E-state index >= 15 is 0 Å². The number of hydrogen-bond donors (Lipinski definition) is 3. The number of benzene rings is 1. The average molecular weight is 314 g/mol. The van der Waals surface area contributed by atoms with E-state index in [1.54, 1.807) is 11.8 Å². The van der Waals surface area contributed by atoms with Crippen molar-refractivity contribution in [3.8, 4) is 11.5 Å². The molecule has 0 radical (unpaired) electrons. The highest BCUT2D eigenvalue weighted by molar-refractivity contribution is 7.99. The molecule has 0 saturated carbocycles. The highest BCUT2D eigenvalue weighted by Gasteiger charge is 2.09. The number of aliphatic hydroxyl groups is 1. The van der Waals surface area contributed by atoms with Crippen LogP contribution in [0.25, 0.3) is 22.4 Å². The smallest absolute Gasteiger partial charge is 0.178 e. The molecule has 0 spiro atoms. The molecule has 0 amide bonds. The van der Waals surface area contributed by atoms with E-state index < -0.39 is 0 Å². The third-order valence-electron chi connectivity index (χ3n) is 3.22. The first-order valence-corrected chi connectivity index (χ1v) is 8.37. The van der Waals surface area contributed by atoms with Crippen molar-refractivity contribution in [1.82, 2.24) is 15.0 Å². The predicted molar refractivity (Wildman–Crippen MR) is 92.2 cm³/mol. The Morgan fingerprint density at radius 1 is 1.09 bits per heavy atom. The number of nitrogens with zero attached hydrogens (tertiary/aromatic N) is 2. The van der Waals surface area contributed by atoms with Gasteiger partial charge in [0.25, 0.3) is 0 Å². The fourth-order valence-corrected chi connectivity index (χ4v) is 2.79. The molecule has 114 valence electrons. The van der Waals surface area contributed by atoms with Crippen LogP contribution < -0.4 is 5.32 Å². The van der Waals surface area contributed by atoms with Crippen LogP contribution in [0.2, 0.25) is 0 Å². The Bertz CT molecular complexity index is 730. The zero-order valence-corrected chi connectivity index (χ0v) is 12.9. The van der Waals surface area contributed by atoms with Gasteiger partial charge in [0.15, 0.2) is 5.82 Å². The van der Waals surface area contributed by atoms with Gasteiger partial charge in [0.05, 0.1) is 17.8 Å². The molecule has 0 aliphatic rings. The second-order valence-corrected chi connectivity index (χ2v) is 5.98. The van der Waals surface area contributed by atoms with Gasteiger partial charge in [-0.25, -0.2) is 9.97 Å². The lowest BCUT2D eigenvalue weighted by Gasteiger charge is -2.10. The van der Waals surface area contributed by atoms with Crippen LogP contribution in [0.3, 0.4) is 0 Å². The quantitative estimate of drug-likeness (QED) is 0.585. The minimum Gasteiger partial charge on any atom is -0.396 e. The van der Waals surface area contributed by atoms with E-state index in [-0.39, 0.29) is 6.61 Å². The summed E-state index contributed by atoms with van der Waals surface area (Å²) in [7, 11) is 0. The van der Waals surface area contributed by atoms with Gasteiger partial charge in [-0.2, -0.15) is 11.8 Å². The summed E-state index contributed by atoms with van der Waals surface area (Å²) in [6.07, 6.45) is 1.87. The van der Waals surface area contributed by atoms with Crippen molar-refractivity contribution < 1.29 is 5.11 Å². The molecule has 0 unspecified atom stereocenters. The predicted octanol–water partition coefficient (Wildman–Crippen LogP) is 2.76. The van der Waals surface area contributed by atoms with Crippen LogP contribution in [-0.4, -0.2) is 44.7 Å². The SMILES string of the molecule is OCCSCCNc1nc(-c2ccc[nH]2)nc2ccccc12. The van der Waals surface area contributed by atoms with Gasteiger partial charge in [-0.1, -0.05) is 12.1 Å². The van der Waals surface area contributed by atoms with E-state index in [4.69, 9.17) is 5.11 Å². The maximum atomic E-state index is 8.80. The van der Waals surface area contributed by atoms with Crippen LogP contribution in [0.4, 0.5) is 5.82 Å². The Morgan fingerprint density at radius 2 is 2.00 bits per heavy atom. The van der Waals surface area contributed by atoms with E-state index in [9.17, 15) is 0 Å². The normalized spacial score (nSPS) is 11.0. The van der Waals surface area contributed by atoms with Crippen molar-refractivity contribution in [2.24, 2.45) is 0 Å². The minimum atomic E-state index is 0.220. The molecule has 22 heavy (non-hydrogen) atoms. The second kappa shape index (κ2) is 7.29. The zero-order chi connectivity index (χ0) is 15.2. The second-order valence-electron chi connectivity index (χ2n) is 4.76. The van der Waals surface area contributed by atoms with Crippen molar-refractivity contribution in [2.45, 2.75) is 0 Å². The first-order chi connectivity index (χ1) is 10.9. The molecule has 3 N–H and O–H groups in total. The number of aliphatic hydroxyl groups excluding tert-OH is 1. The molecule has 1 aromatic carbocycles. The van der Waals surface area contributed by atoms with Gasteiger partial charge in [-0.05, 0) is 24.3 Å². The fraction of sp³-hybridized carbons (Fsp3) is 0.250. The van der Waals surface area contributed by atoms with E-state index in [0.717, 1.165) is 40.5 Å². The van der Waals surface area contributed by atoms with Gasteiger partial charge < -0.3 is 15.4 Å². The molecule has 0 atom stereocenters. The summed E-state index contributed by atoms with van der Waals surface area (Å²) in [6.45, 7) is 1.02. The number of hydrogen-bond acceptors (Lipinski definition) is 5. The number of anilines is 1. The number of para-hydroxylation sites is 1. The van der Waals surface area contributed by atoms with E-state index in [1.165, 1.54) is 0 Å². The summed E-state index contributed by atoms with van der Waals surface area (Å²) in [6, 6.07) is 11.9. The van der Waals surface area contributed by atoms with Gasteiger partial charge in [0, 0.05) is 29.6 Å². The van der Waals surface area contributed by atoms with Gasteiger partial charge >= 0.3 is 0 Å². The Morgan fingerprint density at radius 3 is 2.82 bits per heavy atom.